The number of guanidine groups is 1. The zero-order valence-corrected chi connectivity index (χ0v) is 16.5. The number of rotatable bonds is 6. The fourth-order valence-corrected chi connectivity index (χ4v) is 4.03. The first kappa shape index (κ1) is 19.6. The molecule has 1 aliphatic carbocycles. The molecule has 1 unspecified atom stereocenters. The summed E-state index contributed by atoms with van der Waals surface area (Å²) >= 11 is 0. The number of amides is 1. The Hall–Kier alpha value is -2.11. The fraction of sp³-hybridized carbons (Fsp3) is 0.667. The normalized spacial score (nSPS) is 21.3. The summed E-state index contributed by atoms with van der Waals surface area (Å²) in [4.78, 5) is 23.8. The predicted molar refractivity (Wildman–Crippen MR) is 109 cm³/mol. The maximum absolute atomic E-state index is 12.7. The van der Waals surface area contributed by atoms with Crippen LogP contribution in [0.4, 0.5) is 0 Å². The molecule has 27 heavy (non-hydrogen) atoms. The van der Waals surface area contributed by atoms with Crippen LogP contribution in [-0.2, 0) is 11.2 Å². The zero-order chi connectivity index (χ0) is 18.9. The van der Waals surface area contributed by atoms with Gasteiger partial charge in [0.2, 0.25) is 5.91 Å². The van der Waals surface area contributed by atoms with E-state index >= 15 is 0 Å². The van der Waals surface area contributed by atoms with E-state index in [9.17, 15) is 4.79 Å². The Morgan fingerprint density at radius 2 is 2.11 bits per heavy atom. The zero-order valence-electron chi connectivity index (χ0n) is 16.5. The molecule has 3 rings (SSSR count). The Morgan fingerprint density at radius 3 is 2.85 bits per heavy atom. The lowest BCUT2D eigenvalue weighted by atomic mass is 9.88. The summed E-state index contributed by atoms with van der Waals surface area (Å²) in [5.41, 5.74) is 1.06. The summed E-state index contributed by atoms with van der Waals surface area (Å²) in [6.07, 6.45) is 9.49. The third-order valence-electron chi connectivity index (χ3n) is 5.50. The molecule has 1 aromatic rings. The van der Waals surface area contributed by atoms with Crippen molar-refractivity contribution in [2.75, 3.05) is 26.2 Å². The Labute approximate surface area is 162 Å². The van der Waals surface area contributed by atoms with Crippen LogP contribution in [-0.4, -0.2) is 54.0 Å². The summed E-state index contributed by atoms with van der Waals surface area (Å²) in [6, 6.07) is 6.25. The molecule has 1 atom stereocenters. The van der Waals surface area contributed by atoms with Crippen LogP contribution >= 0.6 is 0 Å². The first-order chi connectivity index (χ1) is 13.3. The van der Waals surface area contributed by atoms with Gasteiger partial charge in [-0.2, -0.15) is 0 Å². The average Bonchev–Trinajstić information content (AvgIpc) is 3.17. The second-order valence-corrected chi connectivity index (χ2v) is 7.58. The molecule has 1 amide bonds. The van der Waals surface area contributed by atoms with Gasteiger partial charge in [-0.3, -0.25) is 14.8 Å². The van der Waals surface area contributed by atoms with Gasteiger partial charge in [0.15, 0.2) is 5.96 Å². The van der Waals surface area contributed by atoms with E-state index in [0.29, 0.717) is 12.5 Å². The van der Waals surface area contributed by atoms with Crippen LogP contribution in [0.5, 0.6) is 0 Å². The van der Waals surface area contributed by atoms with E-state index in [1.54, 1.807) is 0 Å². The van der Waals surface area contributed by atoms with Crippen molar-refractivity contribution in [2.45, 2.75) is 57.9 Å². The van der Waals surface area contributed by atoms with Crippen molar-refractivity contribution in [3.8, 4) is 0 Å². The summed E-state index contributed by atoms with van der Waals surface area (Å²) in [5, 5.41) is 6.83. The molecule has 2 fully saturated rings. The third kappa shape index (κ3) is 5.94. The molecule has 1 saturated carbocycles. The van der Waals surface area contributed by atoms with Gasteiger partial charge < -0.3 is 15.5 Å². The van der Waals surface area contributed by atoms with Gasteiger partial charge in [0.1, 0.15) is 0 Å². The molecule has 2 heterocycles. The Morgan fingerprint density at radius 1 is 1.26 bits per heavy atom. The van der Waals surface area contributed by atoms with E-state index in [1.807, 2.05) is 24.4 Å². The van der Waals surface area contributed by atoms with Gasteiger partial charge in [0, 0.05) is 56.5 Å². The van der Waals surface area contributed by atoms with Crippen molar-refractivity contribution in [1.29, 1.82) is 0 Å². The van der Waals surface area contributed by atoms with Gasteiger partial charge in [-0.15, -0.1) is 0 Å². The largest absolute Gasteiger partial charge is 0.357 e. The molecular formula is C21H33N5O. The number of nitrogens with one attached hydrogen (secondary N) is 2. The minimum Gasteiger partial charge on any atom is -0.357 e. The maximum Gasteiger partial charge on any atom is 0.225 e. The molecule has 0 bridgehead atoms. The minimum absolute atomic E-state index is 0.262. The highest BCUT2D eigenvalue weighted by Gasteiger charge is 2.31. The summed E-state index contributed by atoms with van der Waals surface area (Å²) in [6.45, 7) is 5.25. The third-order valence-corrected chi connectivity index (χ3v) is 5.50. The standard InChI is InChI=1S/C21H33N5O/c1-2-22-21(24-14-11-18-10-6-7-13-23-18)25-19-12-15-26(16-19)20(27)17-8-4-3-5-9-17/h6-7,10,13,17,19H,2-5,8-9,11-12,14-16H2,1H3,(H2,22,24,25). The number of carbonyl (C=O) groups is 1. The Kier molecular flexibility index (Phi) is 7.48. The highest BCUT2D eigenvalue weighted by Crippen LogP contribution is 2.26. The molecule has 1 saturated heterocycles. The molecule has 6 heteroatoms. The van der Waals surface area contributed by atoms with Crippen molar-refractivity contribution in [3.05, 3.63) is 30.1 Å². The van der Waals surface area contributed by atoms with Crippen LogP contribution in [0.15, 0.2) is 29.4 Å². The lowest BCUT2D eigenvalue weighted by Crippen LogP contribution is -2.45. The van der Waals surface area contributed by atoms with E-state index in [2.05, 4.69) is 32.4 Å². The van der Waals surface area contributed by atoms with Gasteiger partial charge in [0.25, 0.3) is 0 Å². The van der Waals surface area contributed by atoms with Gasteiger partial charge in [-0.25, -0.2) is 0 Å². The van der Waals surface area contributed by atoms with E-state index in [0.717, 1.165) is 57.0 Å². The highest BCUT2D eigenvalue weighted by molar-refractivity contribution is 5.81. The maximum atomic E-state index is 12.7. The van der Waals surface area contributed by atoms with Crippen LogP contribution in [0.1, 0.15) is 51.1 Å². The molecule has 0 spiro atoms. The van der Waals surface area contributed by atoms with Crippen molar-refractivity contribution in [3.63, 3.8) is 0 Å². The number of nitrogens with zero attached hydrogens (tertiary/aromatic N) is 3. The fourth-order valence-electron chi connectivity index (χ4n) is 4.03. The lowest BCUT2D eigenvalue weighted by Gasteiger charge is -2.26. The topological polar surface area (TPSA) is 69.6 Å². The van der Waals surface area contributed by atoms with Crippen LogP contribution in [0.3, 0.4) is 0 Å². The number of carbonyl (C=O) groups excluding carboxylic acids is 1. The van der Waals surface area contributed by atoms with Crippen LogP contribution in [0.2, 0.25) is 0 Å². The van der Waals surface area contributed by atoms with Crippen molar-refractivity contribution in [2.24, 2.45) is 10.9 Å². The highest BCUT2D eigenvalue weighted by atomic mass is 16.2. The summed E-state index contributed by atoms with van der Waals surface area (Å²) in [5.74, 6) is 1.47. The number of pyridine rings is 1. The number of likely N-dealkylation sites (tertiary alicyclic amines) is 1. The monoisotopic (exact) mass is 371 g/mol. The Bertz CT molecular complexity index is 612. The lowest BCUT2D eigenvalue weighted by molar-refractivity contribution is -0.135. The predicted octanol–water partition coefficient (Wildman–Crippen LogP) is 2.36. The first-order valence-electron chi connectivity index (χ1n) is 10.5. The summed E-state index contributed by atoms with van der Waals surface area (Å²) < 4.78 is 0. The van der Waals surface area contributed by atoms with E-state index < -0.39 is 0 Å². The van der Waals surface area contributed by atoms with Gasteiger partial charge in [0.05, 0.1) is 0 Å². The van der Waals surface area contributed by atoms with Gasteiger partial charge >= 0.3 is 0 Å². The van der Waals surface area contributed by atoms with Crippen molar-refractivity contribution >= 4 is 11.9 Å². The molecule has 1 aromatic heterocycles. The average molecular weight is 372 g/mol. The van der Waals surface area contributed by atoms with Crippen LogP contribution in [0.25, 0.3) is 0 Å². The number of hydrogen-bond acceptors (Lipinski definition) is 3. The molecule has 0 radical (unpaired) electrons. The second kappa shape index (κ2) is 10.3. The molecule has 6 nitrogen and oxygen atoms in total. The Balaban J connectivity index is 1.48. The number of aromatic nitrogens is 1. The smallest absolute Gasteiger partial charge is 0.225 e. The quantitative estimate of drug-likeness (QED) is 0.595. The molecule has 148 valence electrons. The van der Waals surface area contributed by atoms with Crippen molar-refractivity contribution < 1.29 is 4.79 Å². The van der Waals surface area contributed by atoms with E-state index in [-0.39, 0.29) is 12.0 Å². The number of hydrogen-bond donors (Lipinski definition) is 2. The van der Waals surface area contributed by atoms with Crippen molar-refractivity contribution in [1.82, 2.24) is 20.5 Å². The molecule has 0 aromatic carbocycles. The first-order valence-corrected chi connectivity index (χ1v) is 10.5. The minimum atomic E-state index is 0.262. The van der Waals surface area contributed by atoms with Crippen LogP contribution in [0, 0.1) is 5.92 Å². The SMILES string of the molecule is CCNC(=NCCc1ccccn1)NC1CCN(C(=O)C2CCCCC2)C1. The summed E-state index contributed by atoms with van der Waals surface area (Å²) in [7, 11) is 0. The molecular weight excluding hydrogens is 338 g/mol. The molecule has 2 N–H and O–H groups in total. The van der Waals surface area contributed by atoms with E-state index in [1.165, 1.54) is 19.3 Å². The molecule has 2 aliphatic rings. The molecule has 1 aliphatic heterocycles. The van der Waals surface area contributed by atoms with Crippen LogP contribution < -0.4 is 10.6 Å². The van der Waals surface area contributed by atoms with Gasteiger partial charge in [-0.05, 0) is 38.3 Å². The number of aliphatic imine (C=N–C) groups is 1. The van der Waals surface area contributed by atoms with E-state index in [4.69, 9.17) is 0 Å². The second-order valence-electron chi connectivity index (χ2n) is 7.58. The van der Waals surface area contributed by atoms with Gasteiger partial charge in [-0.1, -0.05) is 25.3 Å².